The first kappa shape index (κ1) is 17.0. The second-order valence-corrected chi connectivity index (χ2v) is 7.18. The number of anilines is 1. The maximum atomic E-state index is 12.9. The summed E-state index contributed by atoms with van der Waals surface area (Å²) < 4.78 is 0.756. The number of likely N-dealkylation sites (N-methyl/N-ethyl adjacent to an activating group) is 1. The van der Waals surface area contributed by atoms with E-state index < -0.39 is 11.6 Å². The van der Waals surface area contributed by atoms with Crippen LogP contribution in [0.15, 0.2) is 30.3 Å². The number of phenols is 2. The zero-order valence-corrected chi connectivity index (χ0v) is 14.5. The number of rotatable bonds is 4. The summed E-state index contributed by atoms with van der Waals surface area (Å²) in [5, 5.41) is 23.3. The molecule has 0 atom stereocenters. The summed E-state index contributed by atoms with van der Waals surface area (Å²) in [4.78, 5) is 25.7. The van der Waals surface area contributed by atoms with E-state index in [1.165, 1.54) is 12.1 Å². The van der Waals surface area contributed by atoms with E-state index in [2.05, 4.69) is 26.5 Å². The third-order valence-corrected chi connectivity index (χ3v) is 4.25. The highest BCUT2D eigenvalue weighted by atomic mass is 16.3. The van der Waals surface area contributed by atoms with Gasteiger partial charge < -0.3 is 20.0 Å². The molecule has 2 aromatic carbocycles. The lowest BCUT2D eigenvalue weighted by Gasteiger charge is -2.25. The van der Waals surface area contributed by atoms with Crippen molar-refractivity contribution < 1.29 is 24.3 Å². The number of nitrogens with zero attached hydrogens (tertiary/aromatic N) is 1. The molecule has 0 spiro atoms. The highest BCUT2D eigenvalue weighted by molar-refractivity contribution is 6.31. The number of nitrogens with one attached hydrogen (secondary N) is 1. The van der Waals surface area contributed by atoms with Crippen molar-refractivity contribution in [1.29, 1.82) is 0 Å². The van der Waals surface area contributed by atoms with Gasteiger partial charge in [0.05, 0.1) is 50.9 Å². The van der Waals surface area contributed by atoms with Crippen LogP contribution < -0.4 is 5.32 Å². The maximum Gasteiger partial charge on any atom is 0.200 e. The Kier molecular flexibility index (Phi) is 4.00. The van der Waals surface area contributed by atoms with Crippen LogP contribution in [0, 0.1) is 0 Å². The molecule has 0 aliphatic heterocycles. The molecule has 0 heterocycles. The Hall–Kier alpha value is -2.86. The molecule has 0 amide bonds. The van der Waals surface area contributed by atoms with E-state index in [1.54, 1.807) is 18.2 Å². The van der Waals surface area contributed by atoms with Crippen molar-refractivity contribution in [2.75, 3.05) is 39.5 Å². The van der Waals surface area contributed by atoms with Gasteiger partial charge >= 0.3 is 0 Å². The van der Waals surface area contributed by atoms with Crippen LogP contribution in [0.25, 0.3) is 0 Å². The maximum absolute atomic E-state index is 12.9. The van der Waals surface area contributed by atoms with Crippen LogP contribution in [0.5, 0.6) is 11.5 Å². The van der Waals surface area contributed by atoms with Gasteiger partial charge in [-0.1, -0.05) is 12.1 Å². The summed E-state index contributed by atoms with van der Waals surface area (Å²) in [5.74, 6) is -1.54. The minimum absolute atomic E-state index is 0.138. The molecular formula is C19H21N2O4+. The molecule has 0 saturated heterocycles. The molecule has 0 fully saturated rings. The van der Waals surface area contributed by atoms with Gasteiger partial charge in [0, 0.05) is 11.3 Å². The SMILES string of the molecule is C[N+](C)(C)CCNc1cccc2c1C(=O)c1c(O)ccc(O)c1C2=O. The van der Waals surface area contributed by atoms with Crippen molar-refractivity contribution in [3.05, 3.63) is 52.6 Å². The van der Waals surface area contributed by atoms with Crippen LogP contribution in [0.2, 0.25) is 0 Å². The summed E-state index contributed by atoms with van der Waals surface area (Å²) in [7, 11) is 6.19. The lowest BCUT2D eigenvalue weighted by atomic mass is 9.82. The molecule has 0 unspecified atom stereocenters. The summed E-state index contributed by atoms with van der Waals surface area (Å²) in [6.07, 6.45) is 0. The van der Waals surface area contributed by atoms with E-state index in [4.69, 9.17) is 0 Å². The van der Waals surface area contributed by atoms with E-state index in [0.717, 1.165) is 11.0 Å². The highest BCUT2D eigenvalue weighted by Crippen LogP contribution is 2.39. The summed E-state index contributed by atoms with van der Waals surface area (Å²) in [6, 6.07) is 7.44. The number of hydrogen-bond donors (Lipinski definition) is 3. The van der Waals surface area contributed by atoms with E-state index in [1.807, 2.05) is 0 Å². The molecule has 0 radical (unpaired) electrons. The Morgan fingerprint density at radius 2 is 1.48 bits per heavy atom. The fraction of sp³-hybridized carbons (Fsp3) is 0.263. The van der Waals surface area contributed by atoms with Crippen LogP contribution in [0.1, 0.15) is 31.8 Å². The minimum Gasteiger partial charge on any atom is -0.507 e. The number of benzene rings is 2. The largest absolute Gasteiger partial charge is 0.507 e. The summed E-state index contributed by atoms with van der Waals surface area (Å²) in [6.45, 7) is 1.45. The molecule has 1 aliphatic carbocycles. The zero-order chi connectivity index (χ0) is 18.4. The third-order valence-electron chi connectivity index (χ3n) is 4.25. The monoisotopic (exact) mass is 341 g/mol. The predicted octanol–water partition coefficient (Wildman–Crippen LogP) is 1.99. The molecule has 0 aromatic heterocycles. The first-order valence-electron chi connectivity index (χ1n) is 8.02. The number of phenolic OH excluding ortho intramolecular Hbond substituents is 2. The third kappa shape index (κ3) is 2.96. The number of aromatic hydroxyl groups is 2. The molecule has 2 aromatic rings. The number of quaternary nitrogens is 1. The Morgan fingerprint density at radius 3 is 2.08 bits per heavy atom. The lowest BCUT2D eigenvalue weighted by Crippen LogP contribution is -2.38. The topological polar surface area (TPSA) is 86.6 Å². The Morgan fingerprint density at radius 1 is 0.880 bits per heavy atom. The Bertz CT molecular complexity index is 882. The van der Waals surface area contributed by atoms with Crippen LogP contribution in [0.4, 0.5) is 5.69 Å². The van der Waals surface area contributed by atoms with Gasteiger partial charge in [-0.25, -0.2) is 0 Å². The molecule has 6 heteroatoms. The van der Waals surface area contributed by atoms with Crippen molar-refractivity contribution in [2.24, 2.45) is 0 Å². The molecule has 6 nitrogen and oxygen atoms in total. The number of fused-ring (bicyclic) bond motifs is 2. The van der Waals surface area contributed by atoms with Crippen LogP contribution >= 0.6 is 0 Å². The predicted molar refractivity (Wildman–Crippen MR) is 94.5 cm³/mol. The number of carbonyl (C=O) groups is 2. The number of carbonyl (C=O) groups excluding carboxylic acids is 2. The molecule has 25 heavy (non-hydrogen) atoms. The minimum atomic E-state index is -0.466. The average molecular weight is 341 g/mol. The van der Waals surface area contributed by atoms with Gasteiger partial charge in [-0.3, -0.25) is 9.59 Å². The van der Waals surface area contributed by atoms with Crippen molar-refractivity contribution in [2.45, 2.75) is 0 Å². The van der Waals surface area contributed by atoms with E-state index >= 15 is 0 Å². The summed E-state index contributed by atoms with van der Waals surface area (Å²) in [5.41, 5.74) is 0.744. The molecule has 3 N–H and O–H groups in total. The standard InChI is InChI=1S/C19H20N2O4/c1-21(2,3)10-9-20-12-6-4-5-11-15(12)19(25)17-14(23)8-7-13(22)16(17)18(11)24/h4-8H,9-10H2,1-3H3,(H2-,20,22,23,24,25)/p+1. The van der Waals surface area contributed by atoms with Crippen molar-refractivity contribution in [3.8, 4) is 11.5 Å². The van der Waals surface area contributed by atoms with Crippen molar-refractivity contribution in [1.82, 2.24) is 0 Å². The molecule has 0 saturated carbocycles. The van der Waals surface area contributed by atoms with E-state index in [-0.39, 0.29) is 33.8 Å². The zero-order valence-electron chi connectivity index (χ0n) is 14.5. The van der Waals surface area contributed by atoms with Gasteiger partial charge in [-0.2, -0.15) is 0 Å². The number of hydrogen-bond acceptors (Lipinski definition) is 5. The van der Waals surface area contributed by atoms with E-state index in [9.17, 15) is 19.8 Å². The Labute approximate surface area is 145 Å². The second-order valence-electron chi connectivity index (χ2n) is 7.18. The van der Waals surface area contributed by atoms with Crippen molar-refractivity contribution >= 4 is 17.3 Å². The molecular weight excluding hydrogens is 320 g/mol. The fourth-order valence-corrected chi connectivity index (χ4v) is 2.96. The quantitative estimate of drug-likeness (QED) is 0.499. The first-order chi connectivity index (χ1) is 11.7. The Balaban J connectivity index is 2.06. The molecule has 0 bridgehead atoms. The normalized spacial score (nSPS) is 13.4. The van der Waals surface area contributed by atoms with Gasteiger partial charge in [0.2, 0.25) is 0 Å². The van der Waals surface area contributed by atoms with Crippen LogP contribution in [-0.2, 0) is 0 Å². The smallest absolute Gasteiger partial charge is 0.200 e. The van der Waals surface area contributed by atoms with Gasteiger partial charge in [0.1, 0.15) is 11.5 Å². The molecule has 1 aliphatic rings. The lowest BCUT2D eigenvalue weighted by molar-refractivity contribution is -0.868. The second kappa shape index (κ2) is 5.89. The van der Waals surface area contributed by atoms with Gasteiger partial charge in [-0.15, -0.1) is 0 Å². The summed E-state index contributed by atoms with van der Waals surface area (Å²) >= 11 is 0. The van der Waals surface area contributed by atoms with Crippen molar-refractivity contribution in [3.63, 3.8) is 0 Å². The van der Waals surface area contributed by atoms with Crippen LogP contribution in [0.3, 0.4) is 0 Å². The fourth-order valence-electron chi connectivity index (χ4n) is 2.96. The molecule has 3 rings (SSSR count). The van der Waals surface area contributed by atoms with E-state index in [0.29, 0.717) is 12.2 Å². The van der Waals surface area contributed by atoms with Gasteiger partial charge in [-0.05, 0) is 18.2 Å². The first-order valence-corrected chi connectivity index (χ1v) is 8.02. The van der Waals surface area contributed by atoms with Gasteiger partial charge in [0.15, 0.2) is 11.6 Å². The van der Waals surface area contributed by atoms with Gasteiger partial charge in [0.25, 0.3) is 0 Å². The van der Waals surface area contributed by atoms with Crippen LogP contribution in [-0.4, -0.2) is 60.5 Å². The highest BCUT2D eigenvalue weighted by Gasteiger charge is 2.35. The average Bonchev–Trinajstić information content (AvgIpc) is 2.53. The number of ketones is 2. The molecule has 130 valence electrons.